The molecule has 6 nitrogen and oxygen atoms in total. The molecule has 0 bridgehead atoms. The van der Waals surface area contributed by atoms with Crippen LogP contribution in [0.5, 0.6) is 0 Å². The van der Waals surface area contributed by atoms with Crippen LogP contribution in [0.15, 0.2) is 0 Å². The van der Waals surface area contributed by atoms with Gasteiger partial charge >= 0.3 is 0 Å². The summed E-state index contributed by atoms with van der Waals surface area (Å²) >= 11 is 4.04. The van der Waals surface area contributed by atoms with Crippen molar-refractivity contribution in [2.45, 2.75) is 24.5 Å². The van der Waals surface area contributed by atoms with E-state index in [-0.39, 0.29) is 6.10 Å². The quantitative estimate of drug-likeness (QED) is 0.494. The minimum absolute atomic E-state index is 0.370. The van der Waals surface area contributed by atoms with Gasteiger partial charge in [-0.05, 0) is 0 Å². The third-order valence-electron chi connectivity index (χ3n) is 2.08. The van der Waals surface area contributed by atoms with E-state index in [4.69, 9.17) is 19.4 Å². The van der Waals surface area contributed by atoms with E-state index in [2.05, 4.69) is 12.6 Å². The normalized spacial score (nSPS) is 37.1. The highest BCUT2D eigenvalue weighted by Gasteiger charge is 2.44. The lowest BCUT2D eigenvalue weighted by molar-refractivity contribution is -0.138. The van der Waals surface area contributed by atoms with Gasteiger partial charge in [0, 0.05) is 12.9 Å². The number of methoxy groups -OCH3 is 1. The van der Waals surface area contributed by atoms with E-state index < -0.39 is 28.6 Å². The van der Waals surface area contributed by atoms with Crippen molar-refractivity contribution in [2.24, 2.45) is 5.73 Å². The van der Waals surface area contributed by atoms with Gasteiger partial charge in [-0.3, -0.25) is 4.18 Å². The van der Waals surface area contributed by atoms with Gasteiger partial charge in [-0.2, -0.15) is 21.0 Å². The van der Waals surface area contributed by atoms with E-state index in [1.54, 1.807) is 0 Å². The first-order valence-electron chi connectivity index (χ1n) is 4.32. The van der Waals surface area contributed by atoms with Crippen LogP contribution in [0, 0.1) is 0 Å². The fourth-order valence-corrected chi connectivity index (χ4v) is 2.35. The molecule has 1 aliphatic heterocycles. The highest BCUT2D eigenvalue weighted by atomic mass is 32.2. The molecule has 0 aromatic carbocycles. The lowest BCUT2D eigenvalue weighted by atomic mass is 10.1. The van der Waals surface area contributed by atoms with Crippen LogP contribution in [0.4, 0.5) is 0 Å². The lowest BCUT2D eigenvalue weighted by Crippen LogP contribution is -2.44. The number of ether oxygens (including phenoxy) is 2. The van der Waals surface area contributed by atoms with Gasteiger partial charge in [-0.15, -0.1) is 0 Å². The first-order chi connectivity index (χ1) is 6.89. The van der Waals surface area contributed by atoms with Crippen LogP contribution in [-0.4, -0.2) is 52.1 Å². The van der Waals surface area contributed by atoms with Gasteiger partial charge in [-0.25, -0.2) is 0 Å². The van der Waals surface area contributed by atoms with Crippen molar-refractivity contribution < 1.29 is 22.1 Å². The Balaban J connectivity index is 2.76. The van der Waals surface area contributed by atoms with Crippen molar-refractivity contribution in [1.29, 1.82) is 0 Å². The third kappa shape index (κ3) is 3.30. The molecule has 0 aliphatic carbocycles. The summed E-state index contributed by atoms with van der Waals surface area (Å²) in [7, 11) is -2.18. The second-order valence-electron chi connectivity index (χ2n) is 3.30. The largest absolute Gasteiger partial charge is 0.353 e. The maximum absolute atomic E-state index is 11.0. The topological polar surface area (TPSA) is 87.8 Å². The van der Waals surface area contributed by atoms with Crippen LogP contribution < -0.4 is 5.73 Å². The standard InChI is InChI=1S/C7H15NO5S2/c1-11-7-6(13-15(2,9)10)5(8)4(3-14)12-7/h4-7,14H,3,8H2,1-2H3. The predicted octanol–water partition coefficient (Wildman–Crippen LogP) is -1.04. The SMILES string of the molecule is COC1OC(CS)C(N)C1OS(C)(=O)=O. The molecule has 1 aliphatic rings. The Morgan fingerprint density at radius 2 is 2.13 bits per heavy atom. The van der Waals surface area contributed by atoms with E-state index in [9.17, 15) is 8.42 Å². The van der Waals surface area contributed by atoms with Gasteiger partial charge in [0.05, 0.1) is 18.4 Å². The van der Waals surface area contributed by atoms with Crippen LogP contribution in [0.25, 0.3) is 0 Å². The van der Waals surface area contributed by atoms with Crippen molar-refractivity contribution in [2.75, 3.05) is 19.1 Å². The van der Waals surface area contributed by atoms with E-state index in [1.807, 2.05) is 0 Å². The Hall–Kier alpha value is 0.140. The van der Waals surface area contributed by atoms with Gasteiger partial charge in [0.1, 0.15) is 6.10 Å². The number of thiol groups is 1. The van der Waals surface area contributed by atoms with E-state index in [0.29, 0.717) is 5.75 Å². The highest BCUT2D eigenvalue weighted by Crippen LogP contribution is 2.24. The fourth-order valence-electron chi connectivity index (χ4n) is 1.40. The Morgan fingerprint density at radius 1 is 1.53 bits per heavy atom. The summed E-state index contributed by atoms with van der Waals surface area (Å²) in [6, 6.07) is -0.567. The molecule has 0 radical (unpaired) electrons. The summed E-state index contributed by atoms with van der Waals surface area (Å²) in [5.74, 6) is 0.380. The molecule has 15 heavy (non-hydrogen) atoms. The fraction of sp³-hybridized carbons (Fsp3) is 1.00. The molecule has 0 aromatic heterocycles. The van der Waals surface area contributed by atoms with Crippen molar-refractivity contribution in [3.05, 3.63) is 0 Å². The van der Waals surface area contributed by atoms with Crippen LogP contribution in [0.2, 0.25) is 0 Å². The second-order valence-corrected chi connectivity index (χ2v) is 5.27. The molecule has 4 atom stereocenters. The summed E-state index contributed by atoms with van der Waals surface area (Å²) in [4.78, 5) is 0. The molecule has 4 unspecified atom stereocenters. The second kappa shape index (κ2) is 4.98. The van der Waals surface area contributed by atoms with Crippen molar-refractivity contribution in [1.82, 2.24) is 0 Å². The summed E-state index contributed by atoms with van der Waals surface area (Å²) in [5.41, 5.74) is 5.76. The molecule has 1 saturated heterocycles. The molecule has 0 spiro atoms. The lowest BCUT2D eigenvalue weighted by Gasteiger charge is -2.18. The Kier molecular flexibility index (Phi) is 4.38. The predicted molar refractivity (Wildman–Crippen MR) is 57.2 cm³/mol. The highest BCUT2D eigenvalue weighted by molar-refractivity contribution is 7.86. The number of rotatable bonds is 4. The molecule has 2 N–H and O–H groups in total. The molecule has 1 rings (SSSR count). The Labute approximate surface area is 94.6 Å². The zero-order valence-corrected chi connectivity index (χ0v) is 10.2. The van der Waals surface area contributed by atoms with Crippen molar-refractivity contribution in [3.63, 3.8) is 0 Å². The van der Waals surface area contributed by atoms with Gasteiger partial charge in [0.15, 0.2) is 6.29 Å². The van der Waals surface area contributed by atoms with E-state index >= 15 is 0 Å². The summed E-state index contributed by atoms with van der Waals surface area (Å²) in [5, 5.41) is 0. The maximum atomic E-state index is 11.0. The van der Waals surface area contributed by atoms with Crippen molar-refractivity contribution in [3.8, 4) is 0 Å². The van der Waals surface area contributed by atoms with Crippen molar-refractivity contribution >= 4 is 22.7 Å². The molecule has 0 amide bonds. The number of hydrogen-bond acceptors (Lipinski definition) is 7. The minimum Gasteiger partial charge on any atom is -0.353 e. The molecule has 8 heteroatoms. The molecule has 0 aromatic rings. The smallest absolute Gasteiger partial charge is 0.264 e. The molecule has 0 saturated carbocycles. The zero-order valence-electron chi connectivity index (χ0n) is 8.49. The molecule has 1 heterocycles. The van der Waals surface area contributed by atoms with Gasteiger partial charge < -0.3 is 15.2 Å². The first kappa shape index (κ1) is 13.2. The molecule has 1 fully saturated rings. The van der Waals surface area contributed by atoms with Crippen LogP contribution in [-0.2, 0) is 23.8 Å². The average Bonchev–Trinajstić information content (AvgIpc) is 2.42. The van der Waals surface area contributed by atoms with E-state index in [0.717, 1.165) is 6.26 Å². The van der Waals surface area contributed by atoms with Crippen LogP contribution in [0.1, 0.15) is 0 Å². The average molecular weight is 257 g/mol. The minimum atomic E-state index is -3.58. The van der Waals surface area contributed by atoms with Crippen LogP contribution >= 0.6 is 12.6 Å². The summed E-state index contributed by atoms with van der Waals surface area (Å²) in [6.07, 6.45) is -1.00. The maximum Gasteiger partial charge on any atom is 0.264 e. The zero-order chi connectivity index (χ0) is 11.6. The van der Waals surface area contributed by atoms with Gasteiger partial charge in [0.2, 0.25) is 0 Å². The molecular formula is C7H15NO5S2. The Morgan fingerprint density at radius 3 is 2.53 bits per heavy atom. The molecular weight excluding hydrogens is 242 g/mol. The molecule has 90 valence electrons. The monoisotopic (exact) mass is 257 g/mol. The van der Waals surface area contributed by atoms with Gasteiger partial charge in [0.25, 0.3) is 10.1 Å². The summed E-state index contributed by atoms with van der Waals surface area (Å²) in [6.45, 7) is 0. The van der Waals surface area contributed by atoms with E-state index in [1.165, 1.54) is 7.11 Å². The van der Waals surface area contributed by atoms with Crippen LogP contribution in [0.3, 0.4) is 0 Å². The Bertz CT molecular complexity index is 305. The first-order valence-corrected chi connectivity index (χ1v) is 6.77. The number of nitrogens with two attached hydrogens (primary N) is 1. The summed E-state index contributed by atoms with van der Waals surface area (Å²) < 4.78 is 37.0. The number of hydrogen-bond donors (Lipinski definition) is 2. The van der Waals surface area contributed by atoms with Gasteiger partial charge in [-0.1, -0.05) is 0 Å². The third-order valence-corrected chi connectivity index (χ3v) is 3.02.